The average Bonchev–Trinajstić information content (AvgIpc) is 2.55. The van der Waals surface area contributed by atoms with Gasteiger partial charge < -0.3 is 14.5 Å². The summed E-state index contributed by atoms with van der Waals surface area (Å²) in [6.07, 6.45) is 1.59. The first-order valence-electron chi connectivity index (χ1n) is 7.29. The summed E-state index contributed by atoms with van der Waals surface area (Å²) in [4.78, 5) is 12.8. The number of aromatic nitrogens is 2. The lowest BCUT2D eigenvalue weighted by Crippen LogP contribution is -2.46. The lowest BCUT2D eigenvalue weighted by molar-refractivity contribution is 0.386. The molecule has 1 aliphatic rings. The molecule has 22 heavy (non-hydrogen) atoms. The standard InChI is InChI=1S/C16H19FN4O/c1-12-9-16(19-11-18-12)21-7-5-20(6-8-21)13-3-4-15(22-2)14(17)10-13/h3-4,9-11H,5-8H2,1-2H3. The Hall–Kier alpha value is -2.37. The Morgan fingerprint density at radius 3 is 2.41 bits per heavy atom. The lowest BCUT2D eigenvalue weighted by Gasteiger charge is -2.36. The summed E-state index contributed by atoms with van der Waals surface area (Å²) in [6.45, 7) is 5.32. The van der Waals surface area contributed by atoms with E-state index in [0.717, 1.165) is 43.4 Å². The van der Waals surface area contributed by atoms with Crippen molar-refractivity contribution in [2.75, 3.05) is 43.1 Å². The van der Waals surface area contributed by atoms with Crippen molar-refractivity contribution < 1.29 is 9.13 Å². The molecule has 2 aromatic rings. The zero-order valence-corrected chi connectivity index (χ0v) is 12.8. The van der Waals surface area contributed by atoms with Gasteiger partial charge in [0, 0.05) is 49.7 Å². The van der Waals surface area contributed by atoms with Gasteiger partial charge in [0.05, 0.1) is 7.11 Å². The van der Waals surface area contributed by atoms with E-state index < -0.39 is 0 Å². The van der Waals surface area contributed by atoms with Gasteiger partial charge in [0.15, 0.2) is 11.6 Å². The van der Waals surface area contributed by atoms with E-state index in [0.29, 0.717) is 0 Å². The third-order valence-corrected chi connectivity index (χ3v) is 3.89. The van der Waals surface area contributed by atoms with Gasteiger partial charge in [-0.25, -0.2) is 14.4 Å². The number of hydrogen-bond donors (Lipinski definition) is 0. The molecule has 1 aliphatic heterocycles. The SMILES string of the molecule is COc1ccc(N2CCN(c3cc(C)ncn3)CC2)cc1F. The van der Waals surface area contributed by atoms with E-state index >= 15 is 0 Å². The minimum atomic E-state index is -0.325. The van der Waals surface area contributed by atoms with Gasteiger partial charge in [0.1, 0.15) is 12.1 Å². The fraction of sp³-hybridized carbons (Fsp3) is 0.375. The fourth-order valence-electron chi connectivity index (χ4n) is 2.66. The Balaban J connectivity index is 1.68. The van der Waals surface area contributed by atoms with Gasteiger partial charge in [-0.2, -0.15) is 0 Å². The van der Waals surface area contributed by atoms with E-state index in [1.165, 1.54) is 13.2 Å². The second-order valence-corrected chi connectivity index (χ2v) is 5.31. The van der Waals surface area contributed by atoms with E-state index in [-0.39, 0.29) is 11.6 Å². The third-order valence-electron chi connectivity index (χ3n) is 3.89. The van der Waals surface area contributed by atoms with Crippen LogP contribution in [0.3, 0.4) is 0 Å². The van der Waals surface area contributed by atoms with Crippen LogP contribution in [0.15, 0.2) is 30.6 Å². The van der Waals surface area contributed by atoms with Crippen molar-refractivity contribution in [1.29, 1.82) is 0 Å². The molecule has 5 nitrogen and oxygen atoms in total. The molecule has 0 spiro atoms. The Kier molecular flexibility index (Phi) is 4.09. The molecule has 0 aliphatic carbocycles. The topological polar surface area (TPSA) is 41.5 Å². The van der Waals surface area contributed by atoms with Crippen LogP contribution < -0.4 is 14.5 Å². The number of aryl methyl sites for hydroxylation is 1. The molecule has 0 amide bonds. The molecule has 2 heterocycles. The van der Waals surface area contributed by atoms with Gasteiger partial charge in [-0.1, -0.05) is 0 Å². The largest absolute Gasteiger partial charge is 0.494 e. The second kappa shape index (κ2) is 6.17. The number of piperazine rings is 1. The summed E-state index contributed by atoms with van der Waals surface area (Å²) in [5.41, 5.74) is 1.85. The minimum absolute atomic E-state index is 0.277. The highest BCUT2D eigenvalue weighted by molar-refractivity contribution is 5.52. The summed E-state index contributed by atoms with van der Waals surface area (Å²) < 4.78 is 18.8. The number of rotatable bonds is 3. The molecule has 0 atom stereocenters. The Bertz CT molecular complexity index is 656. The summed E-state index contributed by atoms with van der Waals surface area (Å²) in [5, 5.41) is 0. The van der Waals surface area contributed by atoms with Crippen molar-refractivity contribution in [2.45, 2.75) is 6.92 Å². The number of benzene rings is 1. The van der Waals surface area contributed by atoms with Crippen molar-refractivity contribution >= 4 is 11.5 Å². The molecule has 0 unspecified atom stereocenters. The van der Waals surface area contributed by atoms with Crippen LogP contribution in [-0.4, -0.2) is 43.3 Å². The smallest absolute Gasteiger partial charge is 0.167 e. The molecule has 1 fully saturated rings. The third kappa shape index (κ3) is 2.95. The molecular formula is C16H19FN4O. The number of methoxy groups -OCH3 is 1. The molecule has 1 aromatic carbocycles. The molecule has 3 rings (SSSR count). The number of anilines is 2. The van der Waals surface area contributed by atoms with E-state index in [1.807, 2.05) is 19.1 Å². The monoisotopic (exact) mass is 302 g/mol. The minimum Gasteiger partial charge on any atom is -0.494 e. The highest BCUT2D eigenvalue weighted by atomic mass is 19.1. The van der Waals surface area contributed by atoms with Crippen LogP contribution in [0.4, 0.5) is 15.9 Å². The van der Waals surface area contributed by atoms with Crippen LogP contribution in [-0.2, 0) is 0 Å². The van der Waals surface area contributed by atoms with E-state index in [2.05, 4.69) is 19.8 Å². The van der Waals surface area contributed by atoms with E-state index in [1.54, 1.807) is 12.4 Å². The first-order chi connectivity index (χ1) is 10.7. The number of ether oxygens (including phenoxy) is 1. The average molecular weight is 302 g/mol. The van der Waals surface area contributed by atoms with E-state index in [4.69, 9.17) is 4.74 Å². The first kappa shape index (κ1) is 14.6. The molecule has 0 bridgehead atoms. The van der Waals surface area contributed by atoms with Crippen molar-refractivity contribution in [1.82, 2.24) is 9.97 Å². The molecule has 1 saturated heterocycles. The number of nitrogens with zero attached hydrogens (tertiary/aromatic N) is 4. The van der Waals surface area contributed by atoms with Gasteiger partial charge >= 0.3 is 0 Å². The maximum atomic E-state index is 13.8. The second-order valence-electron chi connectivity index (χ2n) is 5.31. The summed E-state index contributed by atoms with van der Waals surface area (Å²) in [5.74, 6) is 0.903. The van der Waals surface area contributed by atoms with Crippen molar-refractivity contribution in [3.8, 4) is 5.75 Å². The van der Waals surface area contributed by atoms with Crippen molar-refractivity contribution in [3.05, 3.63) is 42.1 Å². The molecule has 0 saturated carbocycles. The van der Waals surface area contributed by atoms with Crippen molar-refractivity contribution in [2.24, 2.45) is 0 Å². The summed E-state index contributed by atoms with van der Waals surface area (Å²) in [7, 11) is 1.47. The Morgan fingerprint density at radius 1 is 1.05 bits per heavy atom. The molecule has 6 heteroatoms. The Labute approximate surface area is 129 Å². The predicted octanol–water partition coefficient (Wildman–Crippen LogP) is 2.26. The number of hydrogen-bond acceptors (Lipinski definition) is 5. The van der Waals surface area contributed by atoms with Crippen molar-refractivity contribution in [3.63, 3.8) is 0 Å². The van der Waals surface area contributed by atoms with Gasteiger partial charge in [-0.3, -0.25) is 0 Å². The normalized spacial score (nSPS) is 15.0. The predicted molar refractivity (Wildman–Crippen MR) is 84.1 cm³/mol. The zero-order chi connectivity index (χ0) is 15.5. The van der Waals surface area contributed by atoms with Gasteiger partial charge in [-0.15, -0.1) is 0 Å². The van der Waals surface area contributed by atoms with Gasteiger partial charge in [-0.05, 0) is 19.1 Å². The van der Waals surface area contributed by atoms with Gasteiger partial charge in [0.25, 0.3) is 0 Å². The van der Waals surface area contributed by atoms with Crippen LogP contribution in [0.25, 0.3) is 0 Å². The zero-order valence-electron chi connectivity index (χ0n) is 12.8. The number of halogens is 1. The highest BCUT2D eigenvalue weighted by Crippen LogP contribution is 2.25. The van der Waals surface area contributed by atoms with Crippen LogP contribution in [0.5, 0.6) is 5.75 Å². The van der Waals surface area contributed by atoms with Crippen LogP contribution in [0.1, 0.15) is 5.69 Å². The molecular weight excluding hydrogens is 283 g/mol. The first-order valence-corrected chi connectivity index (χ1v) is 7.29. The van der Waals surface area contributed by atoms with E-state index in [9.17, 15) is 4.39 Å². The molecule has 1 aromatic heterocycles. The molecule has 116 valence electrons. The summed E-state index contributed by atoms with van der Waals surface area (Å²) >= 11 is 0. The quantitative estimate of drug-likeness (QED) is 0.870. The van der Waals surface area contributed by atoms with Crippen LogP contribution in [0, 0.1) is 12.7 Å². The fourth-order valence-corrected chi connectivity index (χ4v) is 2.66. The maximum Gasteiger partial charge on any atom is 0.167 e. The highest BCUT2D eigenvalue weighted by Gasteiger charge is 2.19. The lowest BCUT2D eigenvalue weighted by atomic mass is 10.2. The molecule has 0 radical (unpaired) electrons. The van der Waals surface area contributed by atoms with Crippen LogP contribution in [0.2, 0.25) is 0 Å². The van der Waals surface area contributed by atoms with Crippen LogP contribution >= 0.6 is 0 Å². The Morgan fingerprint density at radius 2 is 1.77 bits per heavy atom. The molecule has 0 N–H and O–H groups in total. The van der Waals surface area contributed by atoms with Gasteiger partial charge in [0.2, 0.25) is 0 Å². The summed E-state index contributed by atoms with van der Waals surface area (Å²) in [6, 6.07) is 7.09. The maximum absolute atomic E-state index is 13.8.